The minimum absolute atomic E-state index is 0.154. The zero-order valence-electron chi connectivity index (χ0n) is 12.6. The van der Waals surface area contributed by atoms with Crippen LogP contribution >= 0.6 is 0 Å². The molecule has 0 spiro atoms. The molecule has 1 aliphatic rings. The molecule has 0 bridgehead atoms. The molecule has 2 N–H and O–H groups in total. The van der Waals surface area contributed by atoms with E-state index in [1.165, 1.54) is 5.56 Å². The zero-order chi connectivity index (χ0) is 15.5. The number of carbonyl (C=O) groups is 2. The average Bonchev–Trinajstić information content (AvgIpc) is 2.43. The van der Waals surface area contributed by atoms with Crippen molar-refractivity contribution in [2.24, 2.45) is 5.92 Å². The van der Waals surface area contributed by atoms with Crippen molar-refractivity contribution in [2.75, 3.05) is 0 Å². The van der Waals surface area contributed by atoms with Gasteiger partial charge in [0, 0.05) is 6.42 Å². The van der Waals surface area contributed by atoms with Crippen LogP contribution in [0.25, 0.3) is 0 Å². The summed E-state index contributed by atoms with van der Waals surface area (Å²) in [6, 6.07) is 10.3. The van der Waals surface area contributed by atoms with Gasteiger partial charge in [0.1, 0.15) is 5.54 Å². The minimum atomic E-state index is -1.15. The van der Waals surface area contributed by atoms with Gasteiger partial charge < -0.3 is 10.4 Å². The van der Waals surface area contributed by atoms with Gasteiger partial charge in [0.2, 0.25) is 5.91 Å². The van der Waals surface area contributed by atoms with Gasteiger partial charge in [-0.15, -0.1) is 0 Å². The van der Waals surface area contributed by atoms with Crippen LogP contribution in [0.2, 0.25) is 0 Å². The van der Waals surface area contributed by atoms with E-state index in [0.717, 1.165) is 12.8 Å². The van der Waals surface area contributed by atoms with Crippen LogP contribution in [0, 0.1) is 5.92 Å². The first-order valence-electron chi connectivity index (χ1n) is 7.54. The Bertz CT molecular complexity index is 508. The van der Waals surface area contributed by atoms with E-state index >= 15 is 0 Å². The highest BCUT2D eigenvalue weighted by Gasteiger charge is 2.36. The van der Waals surface area contributed by atoms with Gasteiger partial charge in [-0.05, 0) is 43.6 Å². The van der Waals surface area contributed by atoms with E-state index in [9.17, 15) is 9.59 Å². The maximum atomic E-state index is 12.0. The Morgan fingerprint density at radius 1 is 1.29 bits per heavy atom. The van der Waals surface area contributed by atoms with Crippen molar-refractivity contribution in [3.63, 3.8) is 0 Å². The number of hydrogen-bond donors (Lipinski definition) is 2. The Morgan fingerprint density at radius 2 is 1.90 bits per heavy atom. The summed E-state index contributed by atoms with van der Waals surface area (Å²) >= 11 is 0. The Hall–Kier alpha value is -1.84. The zero-order valence-corrected chi connectivity index (χ0v) is 12.6. The van der Waals surface area contributed by atoms with Crippen LogP contribution in [0.5, 0.6) is 0 Å². The molecular weight excluding hydrogens is 266 g/mol. The molecule has 0 saturated heterocycles. The summed E-state index contributed by atoms with van der Waals surface area (Å²) < 4.78 is 0. The minimum Gasteiger partial charge on any atom is -0.480 e. The molecule has 1 amide bonds. The Kier molecular flexibility index (Phi) is 4.66. The van der Waals surface area contributed by atoms with Gasteiger partial charge in [0.15, 0.2) is 0 Å². The summed E-state index contributed by atoms with van der Waals surface area (Å²) in [6.07, 6.45) is 2.82. The standard InChI is InChI=1S/C17H23NO3/c1-3-17(2,16(20)21)18-15(19)11-12-9-14(10-12)13-7-5-4-6-8-13/h4-8,12,14H,3,9-11H2,1-2H3,(H,18,19)(H,20,21). The van der Waals surface area contributed by atoms with Crippen molar-refractivity contribution >= 4 is 11.9 Å². The number of amides is 1. The van der Waals surface area contributed by atoms with Crippen LogP contribution in [-0.2, 0) is 9.59 Å². The lowest BCUT2D eigenvalue weighted by Crippen LogP contribution is -2.52. The smallest absolute Gasteiger partial charge is 0.329 e. The maximum Gasteiger partial charge on any atom is 0.329 e. The van der Waals surface area contributed by atoms with Gasteiger partial charge in [0.25, 0.3) is 0 Å². The van der Waals surface area contributed by atoms with E-state index in [-0.39, 0.29) is 5.91 Å². The Balaban J connectivity index is 1.80. The summed E-state index contributed by atoms with van der Waals surface area (Å²) in [7, 11) is 0. The van der Waals surface area contributed by atoms with Gasteiger partial charge >= 0.3 is 5.97 Å². The molecule has 0 aromatic heterocycles. The van der Waals surface area contributed by atoms with E-state index < -0.39 is 11.5 Å². The number of benzene rings is 1. The van der Waals surface area contributed by atoms with Crippen LogP contribution in [-0.4, -0.2) is 22.5 Å². The first-order chi connectivity index (χ1) is 9.94. The predicted octanol–water partition coefficient (Wildman–Crippen LogP) is 2.94. The molecule has 21 heavy (non-hydrogen) atoms. The van der Waals surface area contributed by atoms with Crippen molar-refractivity contribution in [3.05, 3.63) is 35.9 Å². The second kappa shape index (κ2) is 6.29. The molecule has 0 aliphatic heterocycles. The fourth-order valence-corrected chi connectivity index (χ4v) is 2.81. The van der Waals surface area contributed by atoms with Crippen molar-refractivity contribution in [3.8, 4) is 0 Å². The average molecular weight is 289 g/mol. The second-order valence-corrected chi connectivity index (χ2v) is 6.19. The van der Waals surface area contributed by atoms with Gasteiger partial charge in [-0.25, -0.2) is 4.79 Å². The second-order valence-electron chi connectivity index (χ2n) is 6.19. The SMILES string of the molecule is CCC(C)(NC(=O)CC1CC(c2ccccc2)C1)C(=O)O. The molecule has 1 saturated carbocycles. The highest BCUT2D eigenvalue weighted by atomic mass is 16.4. The summed E-state index contributed by atoms with van der Waals surface area (Å²) in [5, 5.41) is 11.8. The molecular formula is C17H23NO3. The fourth-order valence-electron chi connectivity index (χ4n) is 2.81. The van der Waals surface area contributed by atoms with E-state index in [1.54, 1.807) is 13.8 Å². The molecule has 1 fully saturated rings. The van der Waals surface area contributed by atoms with Crippen LogP contribution in [0.4, 0.5) is 0 Å². The fraction of sp³-hybridized carbons (Fsp3) is 0.529. The lowest BCUT2D eigenvalue weighted by molar-refractivity contribution is -0.147. The number of aliphatic carboxylic acids is 1. The molecule has 0 radical (unpaired) electrons. The van der Waals surface area contributed by atoms with Crippen LogP contribution in [0.1, 0.15) is 51.0 Å². The third-order valence-electron chi connectivity index (χ3n) is 4.58. The molecule has 1 aliphatic carbocycles. The molecule has 4 heteroatoms. The van der Waals surface area contributed by atoms with Crippen molar-refractivity contribution < 1.29 is 14.7 Å². The molecule has 1 aromatic rings. The monoisotopic (exact) mass is 289 g/mol. The summed E-state index contributed by atoms with van der Waals surface area (Å²) in [5.74, 6) is -0.224. The van der Waals surface area contributed by atoms with Crippen LogP contribution < -0.4 is 5.32 Å². The number of rotatable bonds is 6. The van der Waals surface area contributed by atoms with Gasteiger partial charge in [-0.2, -0.15) is 0 Å². The quantitative estimate of drug-likeness (QED) is 0.846. The van der Waals surface area contributed by atoms with E-state index in [4.69, 9.17) is 5.11 Å². The first kappa shape index (κ1) is 15.5. The third kappa shape index (κ3) is 3.63. The van der Waals surface area contributed by atoms with Crippen molar-refractivity contribution in [2.45, 2.75) is 51.0 Å². The van der Waals surface area contributed by atoms with Crippen molar-refractivity contribution in [1.82, 2.24) is 5.32 Å². The van der Waals surface area contributed by atoms with Gasteiger partial charge in [0.05, 0.1) is 0 Å². The van der Waals surface area contributed by atoms with E-state index in [0.29, 0.717) is 24.7 Å². The molecule has 1 unspecified atom stereocenters. The third-order valence-corrected chi connectivity index (χ3v) is 4.58. The largest absolute Gasteiger partial charge is 0.480 e. The number of carboxylic acids is 1. The predicted molar refractivity (Wildman–Crippen MR) is 81.0 cm³/mol. The topological polar surface area (TPSA) is 66.4 Å². The Labute approximate surface area is 125 Å². The number of hydrogen-bond acceptors (Lipinski definition) is 2. The van der Waals surface area contributed by atoms with Gasteiger partial charge in [-0.3, -0.25) is 4.79 Å². The molecule has 0 heterocycles. The van der Waals surface area contributed by atoms with Crippen LogP contribution in [0.3, 0.4) is 0 Å². The highest BCUT2D eigenvalue weighted by Crippen LogP contribution is 2.43. The maximum absolute atomic E-state index is 12.0. The Morgan fingerprint density at radius 3 is 2.43 bits per heavy atom. The van der Waals surface area contributed by atoms with Crippen molar-refractivity contribution in [1.29, 1.82) is 0 Å². The van der Waals surface area contributed by atoms with Crippen LogP contribution in [0.15, 0.2) is 30.3 Å². The lowest BCUT2D eigenvalue weighted by atomic mass is 9.70. The van der Waals surface area contributed by atoms with Gasteiger partial charge in [-0.1, -0.05) is 37.3 Å². The normalized spacial score (nSPS) is 23.7. The number of carbonyl (C=O) groups excluding carboxylic acids is 1. The molecule has 114 valence electrons. The molecule has 2 rings (SSSR count). The lowest BCUT2D eigenvalue weighted by Gasteiger charge is -2.36. The number of carboxylic acid groups (broad SMARTS) is 1. The summed E-state index contributed by atoms with van der Waals surface area (Å²) in [6.45, 7) is 3.32. The molecule has 4 nitrogen and oxygen atoms in total. The first-order valence-corrected chi connectivity index (χ1v) is 7.54. The molecule has 1 aromatic carbocycles. The summed E-state index contributed by atoms with van der Waals surface area (Å²) in [5.41, 5.74) is 0.178. The molecule has 1 atom stereocenters. The summed E-state index contributed by atoms with van der Waals surface area (Å²) in [4.78, 5) is 23.2. The number of nitrogens with one attached hydrogen (secondary N) is 1. The van der Waals surface area contributed by atoms with E-state index in [1.807, 2.05) is 18.2 Å². The van der Waals surface area contributed by atoms with E-state index in [2.05, 4.69) is 17.4 Å². The highest BCUT2D eigenvalue weighted by molar-refractivity contribution is 5.86.